The smallest absolute Gasteiger partial charge is 0.209 e. The van der Waals surface area contributed by atoms with Crippen LogP contribution < -0.4 is 21.1 Å². The zero-order valence-corrected chi connectivity index (χ0v) is 19.8. The molecule has 1 fully saturated rings. The Morgan fingerprint density at radius 1 is 1.15 bits per heavy atom. The molecule has 0 amide bonds. The van der Waals surface area contributed by atoms with E-state index in [4.69, 9.17) is 43.7 Å². The van der Waals surface area contributed by atoms with Crippen LogP contribution >= 0.6 is 23.2 Å². The van der Waals surface area contributed by atoms with E-state index in [1.54, 1.807) is 19.2 Å². The van der Waals surface area contributed by atoms with E-state index in [1.807, 2.05) is 30.3 Å². The minimum absolute atomic E-state index is 0.254. The van der Waals surface area contributed by atoms with Crippen LogP contribution in [0.1, 0.15) is 25.7 Å². The zero-order chi connectivity index (χ0) is 23.4. The van der Waals surface area contributed by atoms with Gasteiger partial charge in [0.1, 0.15) is 17.3 Å². The van der Waals surface area contributed by atoms with E-state index in [-0.39, 0.29) is 6.04 Å². The van der Waals surface area contributed by atoms with Crippen molar-refractivity contribution in [2.75, 3.05) is 17.7 Å². The average molecular weight is 485 g/mol. The van der Waals surface area contributed by atoms with Crippen LogP contribution in [0.2, 0.25) is 10.0 Å². The molecule has 0 radical (unpaired) electrons. The van der Waals surface area contributed by atoms with Crippen LogP contribution in [0.5, 0.6) is 5.75 Å². The number of nitrogens with two attached hydrogens (primary N) is 1. The van der Waals surface area contributed by atoms with Gasteiger partial charge in [-0.15, -0.1) is 0 Å². The van der Waals surface area contributed by atoms with E-state index in [0.717, 1.165) is 42.8 Å². The lowest BCUT2D eigenvalue weighted by molar-refractivity contribution is 0.415. The SMILES string of the molecule is C=C(/N=C1\C(=C/N)N=C(Nc2ccc(Cl)c(Cl)c2)N1C1CCCC1)Nc1ccc(OC)cc1. The van der Waals surface area contributed by atoms with Gasteiger partial charge in [0.15, 0.2) is 5.84 Å². The number of nitrogens with one attached hydrogen (secondary N) is 2. The molecule has 33 heavy (non-hydrogen) atoms. The van der Waals surface area contributed by atoms with Crippen LogP contribution in [0.4, 0.5) is 11.4 Å². The third-order valence-corrected chi connectivity index (χ3v) is 6.29. The van der Waals surface area contributed by atoms with Gasteiger partial charge in [-0.05, 0) is 55.3 Å². The molecule has 7 nitrogen and oxygen atoms in total. The fraction of sp³-hybridized carbons (Fsp3) is 0.250. The van der Waals surface area contributed by atoms with Gasteiger partial charge in [-0.1, -0.05) is 42.6 Å². The monoisotopic (exact) mass is 484 g/mol. The number of anilines is 2. The number of ether oxygens (including phenoxy) is 1. The molecule has 0 spiro atoms. The maximum atomic E-state index is 6.20. The number of guanidine groups is 1. The Bertz CT molecular complexity index is 1120. The lowest BCUT2D eigenvalue weighted by atomic mass is 10.2. The summed E-state index contributed by atoms with van der Waals surface area (Å²) in [5.74, 6) is 2.55. The minimum Gasteiger partial charge on any atom is -0.497 e. The maximum Gasteiger partial charge on any atom is 0.209 e. The second-order valence-electron chi connectivity index (χ2n) is 7.79. The number of nitrogens with zero attached hydrogens (tertiary/aromatic N) is 3. The van der Waals surface area contributed by atoms with Crippen LogP contribution in [-0.2, 0) is 0 Å². The average Bonchev–Trinajstić information content (AvgIpc) is 3.44. The summed E-state index contributed by atoms with van der Waals surface area (Å²) in [6.45, 7) is 4.09. The van der Waals surface area contributed by atoms with Gasteiger partial charge >= 0.3 is 0 Å². The molecule has 1 aliphatic carbocycles. The first kappa shape index (κ1) is 23.0. The largest absolute Gasteiger partial charge is 0.497 e. The quantitative estimate of drug-likeness (QED) is 0.481. The molecule has 1 aliphatic heterocycles. The van der Waals surface area contributed by atoms with E-state index in [0.29, 0.717) is 33.4 Å². The summed E-state index contributed by atoms with van der Waals surface area (Å²) in [7, 11) is 1.63. The predicted octanol–water partition coefficient (Wildman–Crippen LogP) is 5.81. The number of halogens is 2. The fourth-order valence-electron chi connectivity index (χ4n) is 3.96. The molecule has 4 rings (SSSR count). The number of methoxy groups -OCH3 is 1. The molecule has 2 aromatic rings. The Kier molecular flexibility index (Phi) is 7.11. The molecule has 1 saturated carbocycles. The summed E-state index contributed by atoms with van der Waals surface area (Å²) in [5.41, 5.74) is 8.14. The number of hydrogen-bond donors (Lipinski definition) is 3. The van der Waals surface area contributed by atoms with Crippen LogP contribution in [0.3, 0.4) is 0 Å². The molecule has 0 saturated heterocycles. The van der Waals surface area contributed by atoms with Crippen LogP contribution in [0, 0.1) is 0 Å². The standard InChI is InChI=1S/C24H26Cl2N6O/c1-15(28-16-7-10-19(33-2)11-8-16)29-23-22(14-27)31-24(32(23)18-5-3-4-6-18)30-17-9-12-20(25)21(26)13-17/h7-14,18,28H,1,3-6,27H2,2H3,(H,30,31)/b22-14+,29-23+. The van der Waals surface area contributed by atoms with Crippen molar-refractivity contribution in [2.45, 2.75) is 31.7 Å². The number of rotatable bonds is 6. The number of aliphatic imine (C=N–C) groups is 2. The van der Waals surface area contributed by atoms with E-state index in [9.17, 15) is 0 Å². The van der Waals surface area contributed by atoms with Crippen molar-refractivity contribution in [2.24, 2.45) is 15.7 Å². The molecule has 9 heteroatoms. The minimum atomic E-state index is 0.254. The molecule has 0 atom stereocenters. The first-order valence-corrected chi connectivity index (χ1v) is 11.4. The van der Waals surface area contributed by atoms with Crippen LogP contribution in [0.25, 0.3) is 0 Å². The van der Waals surface area contributed by atoms with E-state index >= 15 is 0 Å². The third kappa shape index (κ3) is 5.26. The summed E-state index contributed by atoms with van der Waals surface area (Å²) in [5, 5.41) is 7.54. The van der Waals surface area contributed by atoms with Crippen molar-refractivity contribution in [3.63, 3.8) is 0 Å². The van der Waals surface area contributed by atoms with Crippen molar-refractivity contribution < 1.29 is 4.74 Å². The molecule has 0 bridgehead atoms. The fourth-order valence-corrected chi connectivity index (χ4v) is 4.26. The summed E-state index contributed by atoms with van der Waals surface area (Å²) in [6.07, 6.45) is 5.85. The number of benzene rings is 2. The zero-order valence-electron chi connectivity index (χ0n) is 18.3. The van der Waals surface area contributed by atoms with Crippen LogP contribution in [-0.4, -0.2) is 29.8 Å². The summed E-state index contributed by atoms with van der Waals surface area (Å²) in [6, 6.07) is 13.2. The summed E-state index contributed by atoms with van der Waals surface area (Å²) >= 11 is 12.3. The van der Waals surface area contributed by atoms with Crippen molar-refractivity contribution in [3.8, 4) is 5.75 Å². The Balaban J connectivity index is 1.61. The summed E-state index contributed by atoms with van der Waals surface area (Å²) < 4.78 is 5.21. The van der Waals surface area contributed by atoms with Crippen molar-refractivity contribution in [1.82, 2.24) is 4.90 Å². The Morgan fingerprint density at radius 2 is 1.85 bits per heavy atom. The van der Waals surface area contributed by atoms with Crippen molar-refractivity contribution >= 4 is 46.4 Å². The van der Waals surface area contributed by atoms with Gasteiger partial charge < -0.3 is 21.1 Å². The second-order valence-corrected chi connectivity index (χ2v) is 8.60. The third-order valence-electron chi connectivity index (χ3n) is 5.55. The normalized spacial score (nSPS) is 18.6. The molecule has 0 aromatic heterocycles. The van der Waals surface area contributed by atoms with Gasteiger partial charge in [-0.3, -0.25) is 4.90 Å². The van der Waals surface area contributed by atoms with Gasteiger partial charge in [0.2, 0.25) is 5.96 Å². The molecule has 4 N–H and O–H groups in total. The van der Waals surface area contributed by atoms with Crippen molar-refractivity contribution in [3.05, 3.63) is 76.8 Å². The highest BCUT2D eigenvalue weighted by Gasteiger charge is 2.36. The first-order chi connectivity index (χ1) is 16.0. The number of amidine groups is 1. The molecule has 1 heterocycles. The lowest BCUT2D eigenvalue weighted by Gasteiger charge is -2.28. The highest BCUT2D eigenvalue weighted by molar-refractivity contribution is 6.42. The molecule has 2 aliphatic rings. The van der Waals surface area contributed by atoms with Gasteiger partial charge in [0, 0.05) is 23.6 Å². The highest BCUT2D eigenvalue weighted by atomic mass is 35.5. The topological polar surface area (TPSA) is 87.3 Å². The lowest BCUT2D eigenvalue weighted by Crippen LogP contribution is -2.43. The van der Waals surface area contributed by atoms with Crippen molar-refractivity contribution in [1.29, 1.82) is 0 Å². The van der Waals surface area contributed by atoms with E-state index in [2.05, 4.69) is 22.1 Å². The molecule has 172 valence electrons. The maximum absolute atomic E-state index is 6.20. The second kappa shape index (κ2) is 10.2. The summed E-state index contributed by atoms with van der Waals surface area (Å²) in [4.78, 5) is 11.6. The number of hydrogen-bond acceptors (Lipinski definition) is 6. The van der Waals surface area contributed by atoms with Gasteiger partial charge in [0.05, 0.1) is 17.2 Å². The predicted molar refractivity (Wildman–Crippen MR) is 137 cm³/mol. The van der Waals surface area contributed by atoms with E-state index < -0.39 is 0 Å². The van der Waals surface area contributed by atoms with Crippen LogP contribution in [0.15, 0.2) is 76.7 Å². The Hall–Kier alpha value is -3.16. The first-order valence-electron chi connectivity index (χ1n) is 10.7. The Morgan fingerprint density at radius 3 is 2.48 bits per heavy atom. The molecular weight excluding hydrogens is 459 g/mol. The van der Waals surface area contributed by atoms with E-state index in [1.165, 1.54) is 6.20 Å². The Labute approximate surface area is 203 Å². The molecule has 0 unspecified atom stereocenters. The van der Waals surface area contributed by atoms with Gasteiger partial charge in [-0.2, -0.15) is 0 Å². The molecule has 2 aromatic carbocycles. The van der Waals surface area contributed by atoms with Gasteiger partial charge in [-0.25, -0.2) is 9.98 Å². The highest BCUT2D eigenvalue weighted by Crippen LogP contribution is 2.31. The van der Waals surface area contributed by atoms with Gasteiger partial charge in [0.25, 0.3) is 0 Å². The molecular formula is C24H26Cl2N6O.